The topological polar surface area (TPSA) is 88.4 Å². The van der Waals surface area contributed by atoms with Crippen LogP contribution < -0.4 is 11.2 Å². The Labute approximate surface area is 173 Å². The standard InChI is InChI=1S/C22H22ClN3O3/c23-16-4-1-14(2-5-16)12-19-20(22(24)28)21(27)17-11-15(3-6-18(17)25-19)13-26-7-9-29-10-8-26/h1-6,11H,7-10,12-13H2,(H2,24,28)(H,25,27). The number of ether oxygens (including phenoxy) is 1. The molecule has 1 saturated heterocycles. The van der Waals surface area contributed by atoms with Crippen molar-refractivity contribution in [3.05, 3.63) is 80.1 Å². The van der Waals surface area contributed by atoms with Gasteiger partial charge in [-0.1, -0.05) is 29.8 Å². The van der Waals surface area contributed by atoms with E-state index in [4.69, 9.17) is 22.1 Å². The maximum Gasteiger partial charge on any atom is 0.254 e. The first-order valence-corrected chi connectivity index (χ1v) is 9.91. The second-order valence-corrected chi connectivity index (χ2v) is 7.68. The number of pyridine rings is 1. The smallest absolute Gasteiger partial charge is 0.254 e. The number of carbonyl (C=O) groups excluding carboxylic acids is 1. The highest BCUT2D eigenvalue weighted by Gasteiger charge is 2.18. The summed E-state index contributed by atoms with van der Waals surface area (Å²) in [5.41, 5.74) is 8.39. The average molecular weight is 412 g/mol. The summed E-state index contributed by atoms with van der Waals surface area (Å²) in [4.78, 5) is 30.7. The number of nitrogens with zero attached hydrogens (tertiary/aromatic N) is 1. The lowest BCUT2D eigenvalue weighted by molar-refractivity contribution is 0.0342. The molecule has 1 aliphatic rings. The molecule has 4 rings (SSSR count). The van der Waals surface area contributed by atoms with Gasteiger partial charge in [0.05, 0.1) is 13.2 Å². The number of benzene rings is 2. The second kappa shape index (κ2) is 8.37. The van der Waals surface area contributed by atoms with Crippen LogP contribution in [0.3, 0.4) is 0 Å². The molecule has 0 spiro atoms. The summed E-state index contributed by atoms with van der Waals surface area (Å²) in [6.07, 6.45) is 0.385. The van der Waals surface area contributed by atoms with Crippen LogP contribution in [0.2, 0.25) is 5.02 Å². The fourth-order valence-corrected chi connectivity index (χ4v) is 3.83. The van der Waals surface area contributed by atoms with E-state index in [1.807, 2.05) is 30.3 Å². The van der Waals surface area contributed by atoms with Gasteiger partial charge in [0.1, 0.15) is 5.56 Å². The van der Waals surface area contributed by atoms with E-state index < -0.39 is 5.91 Å². The number of nitrogens with two attached hydrogens (primary N) is 1. The van der Waals surface area contributed by atoms with E-state index in [2.05, 4.69) is 9.88 Å². The summed E-state index contributed by atoms with van der Waals surface area (Å²) in [6.45, 7) is 3.89. The molecule has 150 valence electrons. The summed E-state index contributed by atoms with van der Waals surface area (Å²) >= 11 is 5.94. The molecule has 0 radical (unpaired) electrons. The van der Waals surface area contributed by atoms with Gasteiger partial charge in [-0.2, -0.15) is 0 Å². The zero-order valence-electron chi connectivity index (χ0n) is 15.9. The van der Waals surface area contributed by atoms with Crippen LogP contribution in [-0.2, 0) is 17.7 Å². The van der Waals surface area contributed by atoms with Crippen LogP contribution in [0.5, 0.6) is 0 Å². The first kappa shape index (κ1) is 19.6. The van der Waals surface area contributed by atoms with E-state index >= 15 is 0 Å². The number of amides is 1. The zero-order chi connectivity index (χ0) is 20.4. The summed E-state index contributed by atoms with van der Waals surface area (Å²) < 4.78 is 5.38. The SMILES string of the molecule is NC(=O)c1c(Cc2ccc(Cl)cc2)[nH]c2ccc(CN3CCOCC3)cc2c1=O. The number of rotatable bonds is 5. The quantitative estimate of drug-likeness (QED) is 0.675. The molecule has 6 nitrogen and oxygen atoms in total. The number of primary amides is 1. The normalized spacial score (nSPS) is 14.9. The number of carbonyl (C=O) groups is 1. The zero-order valence-corrected chi connectivity index (χ0v) is 16.7. The lowest BCUT2D eigenvalue weighted by atomic mass is 10.0. The molecule has 7 heteroatoms. The third-order valence-electron chi connectivity index (χ3n) is 5.19. The van der Waals surface area contributed by atoms with Crippen molar-refractivity contribution in [2.24, 2.45) is 5.73 Å². The van der Waals surface area contributed by atoms with Crippen molar-refractivity contribution in [3.63, 3.8) is 0 Å². The number of aromatic nitrogens is 1. The van der Waals surface area contributed by atoms with Gasteiger partial charge in [0.15, 0.2) is 0 Å². The van der Waals surface area contributed by atoms with Crippen molar-refractivity contribution in [2.75, 3.05) is 26.3 Å². The van der Waals surface area contributed by atoms with Gasteiger partial charge in [0.2, 0.25) is 5.43 Å². The Kier molecular flexibility index (Phi) is 5.67. The minimum atomic E-state index is -0.726. The highest BCUT2D eigenvalue weighted by atomic mass is 35.5. The molecule has 0 saturated carbocycles. The fourth-order valence-electron chi connectivity index (χ4n) is 3.70. The van der Waals surface area contributed by atoms with Crippen molar-refractivity contribution in [3.8, 4) is 0 Å². The van der Waals surface area contributed by atoms with Gasteiger partial charge in [-0.15, -0.1) is 0 Å². The van der Waals surface area contributed by atoms with Gasteiger partial charge in [0, 0.05) is 47.7 Å². The van der Waals surface area contributed by atoms with Crippen molar-refractivity contribution in [2.45, 2.75) is 13.0 Å². The Balaban J connectivity index is 1.72. The number of morpholine rings is 1. The van der Waals surface area contributed by atoms with Crippen LogP contribution in [0.4, 0.5) is 0 Å². The fraction of sp³-hybridized carbons (Fsp3) is 0.273. The summed E-state index contributed by atoms with van der Waals surface area (Å²) in [5.74, 6) is -0.726. The molecule has 3 aromatic rings. The van der Waals surface area contributed by atoms with Gasteiger partial charge in [0.25, 0.3) is 5.91 Å². The lowest BCUT2D eigenvalue weighted by Gasteiger charge is -2.26. The average Bonchev–Trinajstić information content (AvgIpc) is 2.71. The Morgan fingerprint density at radius 1 is 1.10 bits per heavy atom. The van der Waals surface area contributed by atoms with E-state index in [9.17, 15) is 9.59 Å². The van der Waals surface area contributed by atoms with E-state index in [1.54, 1.807) is 12.1 Å². The van der Waals surface area contributed by atoms with Crippen LogP contribution in [0, 0.1) is 0 Å². The van der Waals surface area contributed by atoms with Gasteiger partial charge in [-0.3, -0.25) is 14.5 Å². The van der Waals surface area contributed by atoms with Crippen molar-refractivity contribution < 1.29 is 9.53 Å². The number of hydrogen-bond donors (Lipinski definition) is 2. The van der Waals surface area contributed by atoms with Crippen LogP contribution in [0.25, 0.3) is 10.9 Å². The molecule has 1 fully saturated rings. The Morgan fingerprint density at radius 2 is 1.79 bits per heavy atom. The van der Waals surface area contributed by atoms with Crippen LogP contribution in [0.15, 0.2) is 47.3 Å². The molecule has 0 bridgehead atoms. The summed E-state index contributed by atoms with van der Waals surface area (Å²) in [5, 5.41) is 1.10. The minimum absolute atomic E-state index is 0.0102. The van der Waals surface area contributed by atoms with Crippen molar-refractivity contribution in [1.82, 2.24) is 9.88 Å². The van der Waals surface area contributed by atoms with Crippen molar-refractivity contribution in [1.29, 1.82) is 0 Å². The van der Waals surface area contributed by atoms with Gasteiger partial charge >= 0.3 is 0 Å². The Morgan fingerprint density at radius 3 is 2.48 bits per heavy atom. The number of H-pyrrole nitrogens is 1. The molecule has 0 unspecified atom stereocenters. The highest BCUT2D eigenvalue weighted by Crippen LogP contribution is 2.19. The first-order valence-electron chi connectivity index (χ1n) is 9.53. The van der Waals surface area contributed by atoms with E-state index in [1.165, 1.54) is 0 Å². The molecule has 2 heterocycles. The van der Waals surface area contributed by atoms with Gasteiger partial charge in [-0.25, -0.2) is 0 Å². The molecule has 29 heavy (non-hydrogen) atoms. The highest BCUT2D eigenvalue weighted by molar-refractivity contribution is 6.30. The molecule has 1 amide bonds. The van der Waals surface area contributed by atoms with Crippen LogP contribution in [-0.4, -0.2) is 42.1 Å². The monoisotopic (exact) mass is 411 g/mol. The summed E-state index contributed by atoms with van der Waals surface area (Å²) in [7, 11) is 0. The predicted molar refractivity (Wildman–Crippen MR) is 113 cm³/mol. The molecule has 1 aromatic heterocycles. The van der Waals surface area contributed by atoms with E-state index in [0.717, 1.165) is 30.8 Å². The largest absolute Gasteiger partial charge is 0.379 e. The Hall–Kier alpha value is -2.67. The number of nitrogens with one attached hydrogen (secondary N) is 1. The first-order chi connectivity index (χ1) is 14.0. The number of aromatic amines is 1. The minimum Gasteiger partial charge on any atom is -0.379 e. The van der Waals surface area contributed by atoms with E-state index in [-0.39, 0.29) is 11.0 Å². The van der Waals surface area contributed by atoms with Crippen LogP contribution >= 0.6 is 11.6 Å². The number of fused-ring (bicyclic) bond motifs is 1. The van der Waals surface area contributed by atoms with E-state index in [0.29, 0.717) is 41.3 Å². The van der Waals surface area contributed by atoms with Crippen molar-refractivity contribution >= 4 is 28.4 Å². The number of hydrogen-bond acceptors (Lipinski definition) is 4. The predicted octanol–water partition coefficient (Wildman–Crippen LogP) is 2.70. The lowest BCUT2D eigenvalue weighted by Crippen LogP contribution is -2.35. The molecule has 2 aromatic carbocycles. The van der Waals surface area contributed by atoms with Gasteiger partial charge in [-0.05, 0) is 35.4 Å². The van der Waals surface area contributed by atoms with Gasteiger partial charge < -0.3 is 15.5 Å². The molecule has 0 atom stereocenters. The van der Waals surface area contributed by atoms with Crippen LogP contribution in [0.1, 0.15) is 27.2 Å². The molecular formula is C22H22ClN3O3. The molecule has 0 aliphatic carbocycles. The maximum absolute atomic E-state index is 13.1. The third kappa shape index (κ3) is 4.34. The number of halogens is 1. The molecular weight excluding hydrogens is 390 g/mol. The Bertz CT molecular complexity index is 1100. The second-order valence-electron chi connectivity index (χ2n) is 7.24. The summed E-state index contributed by atoms with van der Waals surface area (Å²) in [6, 6.07) is 13.0. The molecule has 1 aliphatic heterocycles. The maximum atomic E-state index is 13.1. The molecule has 3 N–H and O–H groups in total. The third-order valence-corrected chi connectivity index (χ3v) is 5.45.